The maximum atomic E-state index is 12.8. The van der Waals surface area contributed by atoms with Crippen molar-refractivity contribution in [1.82, 2.24) is 4.90 Å². The molecule has 0 bridgehead atoms. The van der Waals surface area contributed by atoms with Crippen LogP contribution in [-0.2, 0) is 16.1 Å². The van der Waals surface area contributed by atoms with Gasteiger partial charge in [-0.25, -0.2) is 0 Å². The molecular weight excluding hydrogens is 528 g/mol. The zero-order valence-electron chi connectivity index (χ0n) is 24.0. The maximum absolute atomic E-state index is 12.8. The molecule has 1 saturated heterocycles. The third-order valence-electron chi connectivity index (χ3n) is 7.85. The van der Waals surface area contributed by atoms with Gasteiger partial charge in [-0.05, 0) is 54.9 Å². The van der Waals surface area contributed by atoms with Crippen molar-refractivity contribution in [1.29, 1.82) is 0 Å². The van der Waals surface area contributed by atoms with E-state index in [1.807, 2.05) is 111 Å². The van der Waals surface area contributed by atoms with E-state index in [0.717, 1.165) is 22.3 Å². The standard InChI is InChI=1S/C35H38N2O5/c1-24(33(39)27-10-5-3-6-11-27)37(2)22-31-21-32(26-18-16-25(23-38)17-19-26)42-35(41-31)29-14-9-15-30(20-29)36-34(40)28-12-7-4-8-13-28/h3-20,24,31-33,35,38-39H,21-23H2,1-2H3,(H,36,40). The van der Waals surface area contributed by atoms with Crippen LogP contribution < -0.4 is 5.32 Å². The lowest BCUT2D eigenvalue weighted by Crippen LogP contribution is -2.43. The number of nitrogens with one attached hydrogen (secondary N) is 1. The Morgan fingerprint density at radius 1 is 0.905 bits per heavy atom. The number of likely N-dealkylation sites (N-methyl/N-ethyl adjacent to an activating group) is 1. The van der Waals surface area contributed by atoms with E-state index in [0.29, 0.717) is 24.2 Å². The lowest BCUT2D eigenvalue weighted by Gasteiger charge is -2.39. The summed E-state index contributed by atoms with van der Waals surface area (Å²) >= 11 is 0. The third-order valence-corrected chi connectivity index (χ3v) is 7.85. The van der Waals surface area contributed by atoms with Crippen LogP contribution in [0, 0.1) is 0 Å². The van der Waals surface area contributed by atoms with Crippen molar-refractivity contribution in [3.05, 3.63) is 137 Å². The topological polar surface area (TPSA) is 91.3 Å². The minimum atomic E-state index is -0.664. The molecule has 1 aliphatic rings. The number of hydrogen-bond donors (Lipinski definition) is 3. The van der Waals surface area contributed by atoms with Gasteiger partial charge in [-0.15, -0.1) is 0 Å². The predicted octanol–water partition coefficient (Wildman–Crippen LogP) is 6.03. The highest BCUT2D eigenvalue weighted by molar-refractivity contribution is 6.04. The zero-order valence-corrected chi connectivity index (χ0v) is 24.0. The molecule has 42 heavy (non-hydrogen) atoms. The third kappa shape index (κ3) is 7.31. The minimum Gasteiger partial charge on any atom is -0.392 e. The predicted molar refractivity (Wildman–Crippen MR) is 163 cm³/mol. The number of carbonyl (C=O) groups excluding carboxylic acids is 1. The minimum absolute atomic E-state index is 0.0198. The average Bonchev–Trinajstić information content (AvgIpc) is 3.04. The Kier molecular flexibility index (Phi) is 9.79. The smallest absolute Gasteiger partial charge is 0.255 e. The molecule has 7 nitrogen and oxygen atoms in total. The van der Waals surface area contributed by atoms with Crippen LogP contribution in [0.2, 0.25) is 0 Å². The highest BCUT2D eigenvalue weighted by Gasteiger charge is 2.34. The molecule has 0 saturated carbocycles. The Labute approximate surface area is 247 Å². The number of ether oxygens (including phenoxy) is 2. The van der Waals surface area contributed by atoms with Crippen molar-refractivity contribution >= 4 is 11.6 Å². The molecule has 0 aliphatic carbocycles. The number of nitrogens with zero attached hydrogens (tertiary/aromatic N) is 1. The molecule has 0 aromatic heterocycles. The van der Waals surface area contributed by atoms with E-state index in [4.69, 9.17) is 9.47 Å². The van der Waals surface area contributed by atoms with Crippen molar-refractivity contribution in [2.24, 2.45) is 0 Å². The number of amides is 1. The van der Waals surface area contributed by atoms with E-state index in [1.165, 1.54) is 0 Å². The Morgan fingerprint density at radius 2 is 1.60 bits per heavy atom. The van der Waals surface area contributed by atoms with Crippen LogP contribution in [-0.4, -0.2) is 46.8 Å². The molecule has 0 spiro atoms. The summed E-state index contributed by atoms with van der Waals surface area (Å²) in [6.45, 7) is 2.58. The first kappa shape index (κ1) is 29.6. The van der Waals surface area contributed by atoms with Crippen molar-refractivity contribution < 1.29 is 24.5 Å². The molecular formula is C35H38N2O5. The second kappa shape index (κ2) is 13.9. The molecule has 5 unspecified atom stereocenters. The number of rotatable bonds is 10. The Bertz CT molecular complexity index is 1430. The summed E-state index contributed by atoms with van der Waals surface area (Å²) in [5.74, 6) is -0.189. The molecule has 7 heteroatoms. The summed E-state index contributed by atoms with van der Waals surface area (Å²) in [6.07, 6.45) is -1.12. The Morgan fingerprint density at radius 3 is 2.29 bits per heavy atom. The number of aliphatic hydroxyl groups excluding tert-OH is 2. The first-order valence-corrected chi connectivity index (χ1v) is 14.3. The first-order valence-electron chi connectivity index (χ1n) is 14.3. The number of benzene rings is 4. The van der Waals surface area contributed by atoms with Crippen LogP contribution in [0.1, 0.15) is 64.5 Å². The summed E-state index contributed by atoms with van der Waals surface area (Å²) < 4.78 is 13.0. The zero-order chi connectivity index (χ0) is 29.5. The Balaban J connectivity index is 1.35. The van der Waals surface area contributed by atoms with Gasteiger partial charge in [0, 0.05) is 35.8 Å². The molecule has 5 atom stereocenters. The summed E-state index contributed by atoms with van der Waals surface area (Å²) in [4.78, 5) is 14.9. The highest BCUT2D eigenvalue weighted by Crippen LogP contribution is 2.39. The molecule has 1 fully saturated rings. The fourth-order valence-electron chi connectivity index (χ4n) is 5.25. The van der Waals surface area contributed by atoms with E-state index in [9.17, 15) is 15.0 Å². The average molecular weight is 567 g/mol. The van der Waals surface area contributed by atoms with Gasteiger partial charge in [0.2, 0.25) is 0 Å². The van der Waals surface area contributed by atoms with E-state index in [-0.39, 0.29) is 30.8 Å². The quantitative estimate of drug-likeness (QED) is 0.217. The van der Waals surface area contributed by atoms with Gasteiger partial charge in [-0.3, -0.25) is 9.69 Å². The molecule has 1 heterocycles. The van der Waals surface area contributed by atoms with Gasteiger partial charge >= 0.3 is 0 Å². The highest BCUT2D eigenvalue weighted by atomic mass is 16.7. The molecule has 3 N–H and O–H groups in total. The Hall–Kier alpha value is -3.85. The van der Waals surface area contributed by atoms with Crippen molar-refractivity contribution in [2.45, 2.75) is 50.6 Å². The molecule has 4 aromatic carbocycles. The summed E-state index contributed by atoms with van der Waals surface area (Å²) in [6, 6.07) is 33.9. The van der Waals surface area contributed by atoms with E-state index >= 15 is 0 Å². The van der Waals surface area contributed by atoms with Gasteiger partial charge in [-0.1, -0.05) is 84.9 Å². The SMILES string of the molecule is CC(C(O)c1ccccc1)N(C)CC1CC(c2ccc(CO)cc2)OC(c2cccc(NC(=O)c3ccccc3)c2)O1. The number of carbonyl (C=O) groups is 1. The largest absolute Gasteiger partial charge is 0.392 e. The first-order chi connectivity index (χ1) is 20.4. The monoisotopic (exact) mass is 566 g/mol. The van der Waals surface area contributed by atoms with Gasteiger partial charge in [0.25, 0.3) is 5.91 Å². The maximum Gasteiger partial charge on any atom is 0.255 e. The van der Waals surface area contributed by atoms with Gasteiger partial charge in [0.15, 0.2) is 6.29 Å². The molecule has 1 amide bonds. The number of anilines is 1. The molecule has 1 aliphatic heterocycles. The van der Waals surface area contributed by atoms with Crippen molar-refractivity contribution in [2.75, 3.05) is 18.9 Å². The number of aliphatic hydroxyl groups is 2. The molecule has 0 radical (unpaired) electrons. The van der Waals surface area contributed by atoms with E-state index < -0.39 is 12.4 Å². The van der Waals surface area contributed by atoms with Crippen LogP contribution in [0.4, 0.5) is 5.69 Å². The van der Waals surface area contributed by atoms with Crippen LogP contribution in [0.15, 0.2) is 109 Å². The lowest BCUT2D eigenvalue weighted by atomic mass is 9.98. The van der Waals surface area contributed by atoms with Crippen LogP contribution >= 0.6 is 0 Å². The van der Waals surface area contributed by atoms with Gasteiger partial charge in [0.1, 0.15) is 0 Å². The normalized spacial score (nSPS) is 20.2. The van der Waals surface area contributed by atoms with Crippen molar-refractivity contribution in [3.63, 3.8) is 0 Å². The van der Waals surface area contributed by atoms with E-state index in [1.54, 1.807) is 12.1 Å². The molecule has 4 aromatic rings. The van der Waals surface area contributed by atoms with Gasteiger partial charge < -0.3 is 25.0 Å². The second-order valence-electron chi connectivity index (χ2n) is 10.8. The lowest BCUT2D eigenvalue weighted by molar-refractivity contribution is -0.253. The van der Waals surface area contributed by atoms with E-state index in [2.05, 4.69) is 10.2 Å². The molecule has 5 rings (SSSR count). The fraction of sp³-hybridized carbons (Fsp3) is 0.286. The van der Waals surface area contributed by atoms with Crippen LogP contribution in [0.25, 0.3) is 0 Å². The summed E-state index contributed by atoms with van der Waals surface area (Å²) in [5, 5.41) is 23.5. The fourth-order valence-corrected chi connectivity index (χ4v) is 5.25. The second-order valence-corrected chi connectivity index (χ2v) is 10.8. The van der Waals surface area contributed by atoms with Crippen molar-refractivity contribution in [3.8, 4) is 0 Å². The summed E-state index contributed by atoms with van der Waals surface area (Å²) in [7, 11) is 2.00. The summed E-state index contributed by atoms with van der Waals surface area (Å²) in [5.41, 5.74) is 4.73. The number of hydrogen-bond acceptors (Lipinski definition) is 6. The van der Waals surface area contributed by atoms with Crippen LogP contribution in [0.3, 0.4) is 0 Å². The van der Waals surface area contributed by atoms with Gasteiger partial charge in [-0.2, -0.15) is 0 Å². The van der Waals surface area contributed by atoms with Crippen LogP contribution in [0.5, 0.6) is 0 Å². The van der Waals surface area contributed by atoms with Gasteiger partial charge in [0.05, 0.1) is 24.9 Å². The molecule has 218 valence electrons.